The van der Waals surface area contributed by atoms with Crippen LogP contribution < -0.4 is 10.9 Å². The first-order chi connectivity index (χ1) is 10.5. The van der Waals surface area contributed by atoms with Gasteiger partial charge in [-0.15, -0.1) is 11.8 Å². The number of aryl methyl sites for hydroxylation is 1. The Kier molecular flexibility index (Phi) is 5.68. The molecule has 0 saturated heterocycles. The van der Waals surface area contributed by atoms with E-state index in [-0.39, 0.29) is 17.1 Å². The average molecular weight is 382 g/mol. The molecule has 0 bridgehead atoms. The van der Waals surface area contributed by atoms with Crippen LogP contribution in [0.4, 0.5) is 0 Å². The highest BCUT2D eigenvalue weighted by molar-refractivity contribution is 9.10. The van der Waals surface area contributed by atoms with Crippen molar-refractivity contribution in [2.75, 3.05) is 0 Å². The summed E-state index contributed by atoms with van der Waals surface area (Å²) in [6, 6.07) is 11.3. The van der Waals surface area contributed by atoms with Gasteiger partial charge in [-0.05, 0) is 41.1 Å². The van der Waals surface area contributed by atoms with E-state index < -0.39 is 0 Å². The fourth-order valence-electron chi connectivity index (χ4n) is 1.79. The number of halogens is 1. The van der Waals surface area contributed by atoms with Crippen LogP contribution in [0, 0.1) is 0 Å². The molecule has 2 amide bonds. The summed E-state index contributed by atoms with van der Waals surface area (Å²) in [5, 5.41) is -0.317. The van der Waals surface area contributed by atoms with E-state index in [0.29, 0.717) is 5.69 Å². The number of carbonyl (C=O) groups excluding carboxylic acids is 2. The van der Waals surface area contributed by atoms with E-state index in [0.717, 1.165) is 9.37 Å². The molecular weight excluding hydrogens is 366 g/mol. The Morgan fingerprint density at radius 3 is 2.50 bits per heavy atom. The summed E-state index contributed by atoms with van der Waals surface area (Å²) < 4.78 is 2.48. The number of nitrogens with one attached hydrogen (secondary N) is 2. The van der Waals surface area contributed by atoms with Gasteiger partial charge >= 0.3 is 0 Å². The lowest BCUT2D eigenvalue weighted by Crippen LogP contribution is -2.45. The molecule has 1 heterocycles. The number of aromatic nitrogens is 1. The highest BCUT2D eigenvalue weighted by Crippen LogP contribution is 2.22. The smallest absolute Gasteiger partial charge is 0.286 e. The Morgan fingerprint density at radius 2 is 1.91 bits per heavy atom. The molecule has 0 saturated carbocycles. The van der Waals surface area contributed by atoms with Crippen molar-refractivity contribution in [1.29, 1.82) is 0 Å². The molecule has 0 aliphatic rings. The zero-order valence-electron chi connectivity index (χ0n) is 12.2. The monoisotopic (exact) mass is 381 g/mol. The van der Waals surface area contributed by atoms with E-state index in [1.54, 1.807) is 30.8 Å². The van der Waals surface area contributed by atoms with Crippen LogP contribution in [0.25, 0.3) is 0 Å². The normalized spacial score (nSPS) is 11.8. The van der Waals surface area contributed by atoms with Crippen LogP contribution >= 0.6 is 27.7 Å². The molecule has 0 spiro atoms. The predicted molar refractivity (Wildman–Crippen MR) is 90.5 cm³/mol. The van der Waals surface area contributed by atoms with E-state index in [1.165, 1.54) is 11.8 Å². The molecule has 1 unspecified atom stereocenters. The Morgan fingerprint density at radius 1 is 1.23 bits per heavy atom. The van der Waals surface area contributed by atoms with Crippen molar-refractivity contribution >= 4 is 39.5 Å². The standard InChI is InChI=1S/C15H16BrN3O2S/c1-10(22-12-6-4-3-5-7-12)14(20)17-18-15(21)13-8-11(16)9-19(13)2/h3-10H,1-2H3,(H,17,20)(H,18,21). The van der Waals surface area contributed by atoms with Gasteiger partial charge in [-0.1, -0.05) is 18.2 Å². The topological polar surface area (TPSA) is 63.1 Å². The highest BCUT2D eigenvalue weighted by atomic mass is 79.9. The third-order valence-corrected chi connectivity index (χ3v) is 4.47. The second kappa shape index (κ2) is 7.51. The second-order valence-electron chi connectivity index (χ2n) is 4.67. The summed E-state index contributed by atoms with van der Waals surface area (Å²) in [4.78, 5) is 25.0. The van der Waals surface area contributed by atoms with Crippen LogP contribution in [0.3, 0.4) is 0 Å². The number of rotatable bonds is 4. The van der Waals surface area contributed by atoms with Gasteiger partial charge in [0.25, 0.3) is 11.8 Å². The number of hydrogen-bond donors (Lipinski definition) is 2. The van der Waals surface area contributed by atoms with Gasteiger partial charge in [0.2, 0.25) is 0 Å². The minimum atomic E-state index is -0.363. The summed E-state index contributed by atoms with van der Waals surface area (Å²) in [6.45, 7) is 1.79. The number of nitrogens with zero attached hydrogens (tertiary/aromatic N) is 1. The lowest BCUT2D eigenvalue weighted by molar-refractivity contribution is -0.121. The molecule has 0 fully saturated rings. The second-order valence-corrected chi connectivity index (χ2v) is 7.00. The van der Waals surface area contributed by atoms with Crippen molar-refractivity contribution in [2.24, 2.45) is 7.05 Å². The fraction of sp³-hybridized carbons (Fsp3) is 0.200. The average Bonchev–Trinajstić information content (AvgIpc) is 2.84. The van der Waals surface area contributed by atoms with Gasteiger partial charge in [0, 0.05) is 22.6 Å². The Hall–Kier alpha value is -1.73. The van der Waals surface area contributed by atoms with Gasteiger partial charge in [0.15, 0.2) is 0 Å². The number of thioether (sulfide) groups is 1. The molecular formula is C15H16BrN3O2S. The Balaban J connectivity index is 1.87. The summed E-state index contributed by atoms with van der Waals surface area (Å²) in [7, 11) is 1.76. The highest BCUT2D eigenvalue weighted by Gasteiger charge is 2.16. The predicted octanol–water partition coefficient (Wildman–Crippen LogP) is 2.73. The number of hydrazine groups is 1. The molecule has 0 aliphatic heterocycles. The molecule has 1 atom stereocenters. The van der Waals surface area contributed by atoms with E-state index >= 15 is 0 Å². The lowest BCUT2D eigenvalue weighted by Gasteiger charge is -2.13. The third kappa shape index (κ3) is 4.38. The first-order valence-electron chi connectivity index (χ1n) is 6.61. The number of benzene rings is 1. The molecule has 0 radical (unpaired) electrons. The third-order valence-electron chi connectivity index (χ3n) is 2.93. The quantitative estimate of drug-likeness (QED) is 0.632. The molecule has 1 aromatic carbocycles. The van der Waals surface area contributed by atoms with Gasteiger partial charge < -0.3 is 4.57 Å². The molecule has 5 nitrogen and oxygen atoms in total. The zero-order chi connectivity index (χ0) is 16.1. The van der Waals surface area contributed by atoms with Crippen molar-refractivity contribution in [3.63, 3.8) is 0 Å². The van der Waals surface area contributed by atoms with Crippen LogP contribution in [-0.2, 0) is 11.8 Å². The van der Waals surface area contributed by atoms with Gasteiger partial charge in [-0.3, -0.25) is 20.4 Å². The van der Waals surface area contributed by atoms with Gasteiger partial charge in [-0.25, -0.2) is 0 Å². The molecule has 22 heavy (non-hydrogen) atoms. The first kappa shape index (κ1) is 16.6. The van der Waals surface area contributed by atoms with E-state index in [2.05, 4.69) is 26.8 Å². The maximum atomic E-state index is 12.0. The summed E-state index contributed by atoms with van der Waals surface area (Å²) in [5.74, 6) is -0.617. The van der Waals surface area contributed by atoms with Crippen molar-refractivity contribution in [3.8, 4) is 0 Å². The fourth-order valence-corrected chi connectivity index (χ4v) is 3.20. The Labute approximate surface area is 141 Å². The van der Waals surface area contributed by atoms with Crippen LogP contribution in [0.15, 0.2) is 52.0 Å². The molecule has 0 aliphatic carbocycles. The minimum Gasteiger partial charge on any atom is -0.345 e. The molecule has 2 N–H and O–H groups in total. The van der Waals surface area contributed by atoms with Crippen molar-refractivity contribution in [2.45, 2.75) is 17.1 Å². The SMILES string of the molecule is CC(Sc1ccccc1)C(=O)NNC(=O)c1cc(Br)cn1C. The van der Waals surface area contributed by atoms with Crippen molar-refractivity contribution in [3.05, 3.63) is 52.8 Å². The molecule has 1 aromatic heterocycles. The summed E-state index contributed by atoms with van der Waals surface area (Å²) in [5.41, 5.74) is 5.33. The van der Waals surface area contributed by atoms with Crippen LogP contribution in [-0.4, -0.2) is 21.6 Å². The van der Waals surface area contributed by atoms with Crippen molar-refractivity contribution in [1.82, 2.24) is 15.4 Å². The van der Waals surface area contributed by atoms with Crippen molar-refractivity contribution < 1.29 is 9.59 Å². The largest absolute Gasteiger partial charge is 0.345 e. The number of hydrogen-bond acceptors (Lipinski definition) is 3. The van der Waals surface area contributed by atoms with Gasteiger partial charge in [0.1, 0.15) is 5.69 Å². The van der Waals surface area contributed by atoms with Gasteiger partial charge in [0.05, 0.1) is 5.25 Å². The van der Waals surface area contributed by atoms with Crippen LogP contribution in [0.2, 0.25) is 0 Å². The maximum absolute atomic E-state index is 12.0. The van der Waals surface area contributed by atoms with E-state index in [9.17, 15) is 9.59 Å². The molecule has 116 valence electrons. The minimum absolute atomic E-state index is 0.254. The molecule has 7 heteroatoms. The molecule has 2 aromatic rings. The maximum Gasteiger partial charge on any atom is 0.286 e. The van der Waals surface area contributed by atoms with Crippen LogP contribution in [0.5, 0.6) is 0 Å². The zero-order valence-corrected chi connectivity index (χ0v) is 14.6. The van der Waals surface area contributed by atoms with E-state index in [4.69, 9.17) is 0 Å². The first-order valence-corrected chi connectivity index (χ1v) is 8.28. The summed E-state index contributed by atoms with van der Waals surface area (Å²) in [6.07, 6.45) is 1.77. The van der Waals surface area contributed by atoms with Gasteiger partial charge in [-0.2, -0.15) is 0 Å². The molecule has 2 rings (SSSR count). The summed E-state index contributed by atoms with van der Waals surface area (Å²) >= 11 is 4.73. The Bertz CT molecular complexity index is 673. The lowest BCUT2D eigenvalue weighted by atomic mass is 10.4. The van der Waals surface area contributed by atoms with E-state index in [1.807, 2.05) is 30.3 Å². The number of carbonyl (C=O) groups is 2. The number of amides is 2. The van der Waals surface area contributed by atoms with Crippen LogP contribution in [0.1, 0.15) is 17.4 Å².